The van der Waals surface area contributed by atoms with Crippen LogP contribution in [0, 0.1) is 5.92 Å². The summed E-state index contributed by atoms with van der Waals surface area (Å²) >= 11 is 6.90. The summed E-state index contributed by atoms with van der Waals surface area (Å²) in [5.74, 6) is -2.02. The Morgan fingerprint density at radius 1 is 1.16 bits per heavy atom. The molecule has 3 fully saturated rings. The molecule has 310 valence electrons. The highest BCUT2D eigenvalue weighted by molar-refractivity contribution is 6.35. The Morgan fingerprint density at radius 2 is 1.88 bits per heavy atom. The zero-order valence-corrected chi connectivity index (χ0v) is 32.6. The van der Waals surface area contributed by atoms with Crippen molar-refractivity contribution in [1.82, 2.24) is 5.32 Å². The highest BCUT2D eigenvalue weighted by Gasteiger charge is 2.64. The lowest BCUT2D eigenvalue weighted by atomic mass is 9.83. The van der Waals surface area contributed by atoms with Crippen molar-refractivity contribution in [2.45, 2.75) is 120 Å². The quantitative estimate of drug-likeness (QED) is 0.129. The van der Waals surface area contributed by atoms with Gasteiger partial charge in [0.25, 0.3) is 0 Å². The van der Waals surface area contributed by atoms with Crippen LogP contribution in [-0.2, 0) is 44.4 Å². The first-order valence-corrected chi connectivity index (χ1v) is 18.5. The number of aliphatic hydroxyl groups is 4. The normalized spacial score (nSPS) is 37.8. The zero-order chi connectivity index (χ0) is 41.3. The van der Waals surface area contributed by atoms with Crippen LogP contribution in [0.25, 0.3) is 0 Å². The largest absolute Gasteiger partial charge is 0.495 e. The fourth-order valence-electron chi connectivity index (χ4n) is 7.58. The number of halogens is 1. The van der Waals surface area contributed by atoms with Crippen molar-refractivity contribution >= 4 is 41.4 Å². The van der Waals surface area contributed by atoms with Gasteiger partial charge in [0.05, 0.1) is 31.9 Å². The van der Waals surface area contributed by atoms with Crippen molar-refractivity contribution in [2.75, 3.05) is 25.7 Å². The van der Waals surface area contributed by atoms with E-state index in [1.54, 1.807) is 51.1 Å². The SMILES string of the molecule is CCC(=O)O[C@H]1CC(=O)N(C2OC(CO)C(OC(N)=O)C(O)C2O)c2cc(cc(OC)c2Cl)C/C(C)=C/C=C/[C@@H](OC)[C@@]2(O)CC(OC(=O)N2)[C@@H](C)[C@@H]2O[C@@]12C. The molecule has 4 aliphatic heterocycles. The molecule has 5 rings (SSSR count). The van der Waals surface area contributed by atoms with Gasteiger partial charge >= 0.3 is 18.2 Å². The van der Waals surface area contributed by atoms with E-state index in [4.69, 9.17) is 50.5 Å². The van der Waals surface area contributed by atoms with Gasteiger partial charge in [0.15, 0.2) is 18.1 Å². The van der Waals surface area contributed by atoms with Crippen LogP contribution in [-0.4, -0.2) is 132 Å². The van der Waals surface area contributed by atoms with Gasteiger partial charge in [-0.3, -0.25) is 19.8 Å². The molecule has 4 bridgehead atoms. The Labute approximate surface area is 328 Å². The highest BCUT2D eigenvalue weighted by Crippen LogP contribution is 2.49. The Hall–Kier alpha value is -4.01. The maximum Gasteiger partial charge on any atom is 0.409 e. The lowest BCUT2D eigenvalue weighted by Crippen LogP contribution is -2.65. The molecule has 7 N–H and O–H groups in total. The number of ether oxygens (including phenoxy) is 7. The smallest absolute Gasteiger partial charge is 0.409 e. The summed E-state index contributed by atoms with van der Waals surface area (Å²) in [5, 5.41) is 47.0. The van der Waals surface area contributed by atoms with Gasteiger partial charge < -0.3 is 59.3 Å². The molecule has 1 aromatic carbocycles. The molecule has 1 aromatic rings. The van der Waals surface area contributed by atoms with Crippen molar-refractivity contribution in [3.8, 4) is 5.75 Å². The van der Waals surface area contributed by atoms with E-state index in [0.29, 0.717) is 5.56 Å². The molecular weight excluding hydrogens is 762 g/mol. The molecule has 6 unspecified atom stereocenters. The topological polar surface area (TPSA) is 258 Å². The molecular formula is C37H50ClN3O15. The number of methoxy groups -OCH3 is 2. The van der Waals surface area contributed by atoms with E-state index in [0.717, 1.165) is 10.5 Å². The molecule has 18 nitrogen and oxygen atoms in total. The van der Waals surface area contributed by atoms with Crippen molar-refractivity contribution in [3.05, 3.63) is 46.5 Å². The van der Waals surface area contributed by atoms with Gasteiger partial charge in [-0.25, -0.2) is 9.59 Å². The Kier molecular flexibility index (Phi) is 13.3. The van der Waals surface area contributed by atoms with E-state index >= 15 is 0 Å². The molecule has 0 saturated carbocycles. The number of nitrogens with zero attached hydrogens (tertiary/aromatic N) is 1. The number of alkyl carbamates (subject to hydrolysis) is 1. The predicted octanol–water partition coefficient (Wildman–Crippen LogP) is 1.35. The van der Waals surface area contributed by atoms with Crippen LogP contribution in [0.1, 0.15) is 52.5 Å². The van der Waals surface area contributed by atoms with Crippen molar-refractivity contribution in [2.24, 2.45) is 11.7 Å². The van der Waals surface area contributed by atoms with Gasteiger partial charge in [-0.2, -0.15) is 0 Å². The number of primary amides is 1. The molecule has 0 aliphatic carbocycles. The summed E-state index contributed by atoms with van der Waals surface area (Å²) in [6, 6.07) is 3.18. The molecule has 0 spiro atoms. The van der Waals surface area contributed by atoms with Crippen LogP contribution in [0.2, 0.25) is 5.02 Å². The average Bonchev–Trinajstić information content (AvgIpc) is 3.84. The first kappa shape index (κ1) is 43.1. The van der Waals surface area contributed by atoms with Gasteiger partial charge in [0.1, 0.15) is 53.0 Å². The van der Waals surface area contributed by atoms with E-state index in [9.17, 15) is 39.6 Å². The number of nitrogens with one attached hydrogen (secondary N) is 1. The zero-order valence-electron chi connectivity index (χ0n) is 31.9. The number of anilines is 1. The Morgan fingerprint density at radius 3 is 2.50 bits per heavy atom. The van der Waals surface area contributed by atoms with E-state index < -0.39 is 109 Å². The third-order valence-corrected chi connectivity index (χ3v) is 11.0. The number of fused-ring (bicyclic) bond motifs is 5. The number of rotatable bonds is 7. The van der Waals surface area contributed by atoms with E-state index in [2.05, 4.69) is 5.32 Å². The highest BCUT2D eigenvalue weighted by atomic mass is 35.5. The first-order valence-electron chi connectivity index (χ1n) is 18.1. The van der Waals surface area contributed by atoms with Gasteiger partial charge in [-0.05, 0) is 38.0 Å². The average molecular weight is 812 g/mol. The van der Waals surface area contributed by atoms with Crippen LogP contribution in [0.15, 0.2) is 35.9 Å². The minimum absolute atomic E-state index is 0.0460. The number of hydrogen-bond donors (Lipinski definition) is 6. The maximum atomic E-state index is 14.9. The second-order valence-electron chi connectivity index (χ2n) is 14.6. The Balaban J connectivity index is 1.68. The lowest BCUT2D eigenvalue weighted by Gasteiger charge is -2.45. The van der Waals surface area contributed by atoms with E-state index in [1.165, 1.54) is 14.2 Å². The standard InChI is InChI=1S/C37H50ClN3O15/c1-7-27(44)54-25-14-26(43)41(33-30(46)29(45)31(55-34(39)47)23(16-42)52-33)20-12-19(13-21(50-5)28(20)38)11-17(2)9-8-10-24(51-6)37(49)15-22(53-35(48)40-37)18(3)32-36(25,4)56-32/h8-10,12-13,18,22-25,29-33,42,45-46,49H,7,11,14-16H2,1-6H3,(H2,39,47)(H,40,48)/b10-8+,17-9+/t18-,22?,23?,24-,25+,29?,30?,31?,32+,33?,36+,37+/m1/s1. The van der Waals surface area contributed by atoms with Crippen LogP contribution >= 0.6 is 11.6 Å². The predicted molar refractivity (Wildman–Crippen MR) is 195 cm³/mol. The summed E-state index contributed by atoms with van der Waals surface area (Å²) in [4.78, 5) is 53.3. The number of esters is 1. The van der Waals surface area contributed by atoms with Gasteiger partial charge in [0, 0.05) is 25.9 Å². The summed E-state index contributed by atoms with van der Waals surface area (Å²) in [6.45, 7) is 5.88. The number of hydrogen-bond acceptors (Lipinski definition) is 15. The lowest BCUT2D eigenvalue weighted by molar-refractivity contribution is -0.227. The molecule has 4 heterocycles. The monoisotopic (exact) mass is 811 g/mol. The van der Waals surface area contributed by atoms with E-state index in [-0.39, 0.29) is 35.7 Å². The van der Waals surface area contributed by atoms with Gasteiger partial charge in [-0.15, -0.1) is 0 Å². The third kappa shape index (κ3) is 8.77. The molecule has 4 aliphatic rings. The molecule has 0 radical (unpaired) electrons. The number of carbonyl (C=O) groups excluding carboxylic acids is 4. The summed E-state index contributed by atoms with van der Waals surface area (Å²) in [5.41, 5.74) is 3.22. The second kappa shape index (κ2) is 17.2. The van der Waals surface area contributed by atoms with E-state index in [1.807, 2.05) is 6.92 Å². The minimum atomic E-state index is -1.98. The number of carbonyl (C=O) groups is 4. The Bertz CT molecular complexity index is 1730. The summed E-state index contributed by atoms with van der Waals surface area (Å²) in [6.07, 6.45) is -10.6. The molecule has 0 aromatic heterocycles. The van der Waals surface area contributed by atoms with Crippen molar-refractivity contribution in [1.29, 1.82) is 0 Å². The van der Waals surface area contributed by atoms with Crippen LogP contribution in [0.4, 0.5) is 15.3 Å². The molecule has 56 heavy (non-hydrogen) atoms. The summed E-state index contributed by atoms with van der Waals surface area (Å²) in [7, 11) is 2.75. The first-order chi connectivity index (χ1) is 26.4. The summed E-state index contributed by atoms with van der Waals surface area (Å²) < 4.78 is 39.8. The number of benzene rings is 1. The number of epoxide rings is 1. The fourth-order valence-corrected chi connectivity index (χ4v) is 7.86. The van der Waals surface area contributed by atoms with Crippen LogP contribution < -0.4 is 20.7 Å². The number of aliphatic hydroxyl groups excluding tert-OH is 3. The molecule has 3 saturated heterocycles. The van der Waals surface area contributed by atoms with Crippen LogP contribution in [0.5, 0.6) is 5.75 Å². The second-order valence-corrected chi connectivity index (χ2v) is 14.9. The number of allylic oxidation sites excluding steroid dienone is 3. The van der Waals surface area contributed by atoms with Crippen molar-refractivity contribution < 1.29 is 72.8 Å². The third-order valence-electron chi connectivity index (χ3n) is 10.7. The number of amides is 3. The van der Waals surface area contributed by atoms with Gasteiger partial charge in [0.2, 0.25) is 5.91 Å². The minimum Gasteiger partial charge on any atom is -0.495 e. The fraction of sp³-hybridized carbons (Fsp3) is 0.622. The molecule has 3 amide bonds. The maximum absolute atomic E-state index is 14.9. The molecule has 12 atom stereocenters. The van der Waals surface area contributed by atoms with Crippen LogP contribution in [0.3, 0.4) is 0 Å². The number of nitrogens with two attached hydrogens (primary N) is 1. The van der Waals surface area contributed by atoms with Gasteiger partial charge in [-0.1, -0.05) is 49.2 Å². The molecule has 19 heteroatoms. The van der Waals surface area contributed by atoms with Crippen molar-refractivity contribution in [3.63, 3.8) is 0 Å².